The average Bonchev–Trinajstić information content (AvgIpc) is 2.66. The summed E-state index contributed by atoms with van der Waals surface area (Å²) >= 11 is 0. The van der Waals surface area contributed by atoms with Crippen LogP contribution in [-0.4, -0.2) is 31.2 Å². The molecular weight excluding hydrogens is 335 g/mol. The molecule has 6 heteroatoms. The smallest absolute Gasteiger partial charge is 0.318 e. The third-order valence-corrected chi connectivity index (χ3v) is 4.66. The van der Waals surface area contributed by atoms with Crippen molar-refractivity contribution in [1.82, 2.24) is 10.2 Å². The third kappa shape index (κ3) is 3.74. The number of carbonyl (C=O) groups is 1. The monoisotopic (exact) mass is 358 g/mol. The Kier molecular flexibility index (Phi) is 5.30. The summed E-state index contributed by atoms with van der Waals surface area (Å²) in [4.78, 5) is 14.1. The van der Waals surface area contributed by atoms with Gasteiger partial charge in [0.15, 0.2) is 11.5 Å². The zero-order valence-electron chi connectivity index (χ0n) is 15.2. The van der Waals surface area contributed by atoms with Gasteiger partial charge in [0.05, 0.1) is 12.1 Å². The van der Waals surface area contributed by atoms with E-state index in [9.17, 15) is 9.18 Å². The van der Waals surface area contributed by atoms with Crippen molar-refractivity contribution >= 4 is 6.03 Å². The molecule has 26 heavy (non-hydrogen) atoms. The molecule has 3 rings (SSSR count). The first-order valence-corrected chi connectivity index (χ1v) is 8.64. The number of rotatable bonds is 4. The molecule has 2 unspecified atom stereocenters. The Morgan fingerprint density at radius 1 is 1.12 bits per heavy atom. The molecule has 2 aromatic rings. The Balaban J connectivity index is 1.68. The Bertz CT molecular complexity index is 796. The van der Waals surface area contributed by atoms with Crippen LogP contribution >= 0.6 is 0 Å². The lowest BCUT2D eigenvalue weighted by molar-refractivity contribution is 0.171. The van der Waals surface area contributed by atoms with Gasteiger partial charge in [0.1, 0.15) is 19.0 Å². The number of halogens is 1. The van der Waals surface area contributed by atoms with Crippen molar-refractivity contribution < 1.29 is 18.7 Å². The van der Waals surface area contributed by atoms with Crippen LogP contribution in [0.5, 0.6) is 11.5 Å². The van der Waals surface area contributed by atoms with E-state index >= 15 is 0 Å². The number of hydrogen-bond donors (Lipinski definition) is 1. The van der Waals surface area contributed by atoms with Gasteiger partial charge in [0.2, 0.25) is 0 Å². The van der Waals surface area contributed by atoms with Gasteiger partial charge < -0.3 is 19.7 Å². The summed E-state index contributed by atoms with van der Waals surface area (Å²) in [5.74, 6) is 1.08. The second-order valence-electron chi connectivity index (χ2n) is 6.38. The van der Waals surface area contributed by atoms with Crippen molar-refractivity contribution in [3.63, 3.8) is 0 Å². The summed E-state index contributed by atoms with van der Waals surface area (Å²) in [6, 6.07) is 11.2. The molecule has 0 radical (unpaired) electrons. The molecule has 0 aliphatic carbocycles. The molecule has 0 fully saturated rings. The SMILES string of the molecule is CC(NC(=O)N(C)C(C)c1ccccc1F)c1ccc2c(c1)OCCO2. The molecule has 2 atom stereocenters. The van der Waals surface area contributed by atoms with Gasteiger partial charge in [-0.3, -0.25) is 0 Å². The van der Waals surface area contributed by atoms with E-state index < -0.39 is 0 Å². The van der Waals surface area contributed by atoms with Crippen molar-refractivity contribution in [2.45, 2.75) is 25.9 Å². The quantitative estimate of drug-likeness (QED) is 0.897. The van der Waals surface area contributed by atoms with E-state index in [-0.39, 0.29) is 23.9 Å². The van der Waals surface area contributed by atoms with E-state index in [1.165, 1.54) is 11.0 Å². The van der Waals surface area contributed by atoms with E-state index in [1.807, 2.05) is 25.1 Å². The first-order chi connectivity index (χ1) is 12.5. The minimum atomic E-state index is -0.385. The van der Waals surface area contributed by atoms with Crippen LogP contribution in [0.4, 0.5) is 9.18 Å². The van der Waals surface area contributed by atoms with Crippen LogP contribution in [-0.2, 0) is 0 Å². The van der Waals surface area contributed by atoms with Gasteiger partial charge >= 0.3 is 6.03 Å². The first kappa shape index (κ1) is 18.0. The Labute approximate surface area is 152 Å². The molecule has 0 aromatic heterocycles. The molecule has 2 amide bonds. The largest absolute Gasteiger partial charge is 0.486 e. The maximum atomic E-state index is 14.0. The highest BCUT2D eigenvalue weighted by atomic mass is 19.1. The van der Waals surface area contributed by atoms with E-state index in [1.54, 1.807) is 32.2 Å². The molecule has 5 nitrogen and oxygen atoms in total. The lowest BCUT2D eigenvalue weighted by atomic mass is 10.1. The van der Waals surface area contributed by atoms with E-state index in [4.69, 9.17) is 9.47 Å². The molecule has 1 N–H and O–H groups in total. The summed E-state index contributed by atoms with van der Waals surface area (Å²) in [6.07, 6.45) is 0. The fourth-order valence-corrected chi connectivity index (χ4v) is 2.90. The van der Waals surface area contributed by atoms with Crippen molar-refractivity contribution in [2.24, 2.45) is 0 Å². The van der Waals surface area contributed by atoms with Gasteiger partial charge in [0, 0.05) is 12.6 Å². The maximum Gasteiger partial charge on any atom is 0.318 e. The van der Waals surface area contributed by atoms with Crippen LogP contribution in [0, 0.1) is 5.82 Å². The Morgan fingerprint density at radius 2 is 1.81 bits per heavy atom. The number of hydrogen-bond acceptors (Lipinski definition) is 3. The molecule has 0 spiro atoms. The topological polar surface area (TPSA) is 50.8 Å². The minimum Gasteiger partial charge on any atom is -0.486 e. The third-order valence-electron chi connectivity index (χ3n) is 4.66. The fourth-order valence-electron chi connectivity index (χ4n) is 2.90. The van der Waals surface area contributed by atoms with Gasteiger partial charge in [-0.2, -0.15) is 0 Å². The molecule has 2 aromatic carbocycles. The van der Waals surface area contributed by atoms with Crippen LogP contribution in [0.1, 0.15) is 37.1 Å². The maximum absolute atomic E-state index is 14.0. The number of fused-ring (bicyclic) bond motifs is 1. The van der Waals surface area contributed by atoms with E-state index in [0.717, 1.165) is 5.56 Å². The molecule has 0 saturated carbocycles. The van der Waals surface area contributed by atoms with Gasteiger partial charge in [-0.05, 0) is 37.6 Å². The average molecular weight is 358 g/mol. The van der Waals surface area contributed by atoms with Crippen molar-refractivity contribution in [3.05, 3.63) is 59.4 Å². The highest BCUT2D eigenvalue weighted by Crippen LogP contribution is 2.32. The van der Waals surface area contributed by atoms with Crippen molar-refractivity contribution in [2.75, 3.05) is 20.3 Å². The highest BCUT2D eigenvalue weighted by Gasteiger charge is 2.22. The molecule has 1 aliphatic rings. The predicted octanol–water partition coefficient (Wildman–Crippen LogP) is 4.06. The number of urea groups is 1. The second kappa shape index (κ2) is 7.64. The molecular formula is C20H23FN2O3. The summed E-state index contributed by atoms with van der Waals surface area (Å²) in [5.41, 5.74) is 1.40. The van der Waals surface area contributed by atoms with Crippen molar-refractivity contribution in [3.8, 4) is 11.5 Å². The molecule has 1 aliphatic heterocycles. The van der Waals surface area contributed by atoms with E-state index in [2.05, 4.69) is 5.32 Å². The fraction of sp³-hybridized carbons (Fsp3) is 0.350. The minimum absolute atomic E-state index is 0.228. The van der Waals surface area contributed by atoms with Gasteiger partial charge in [-0.1, -0.05) is 24.3 Å². The van der Waals surface area contributed by atoms with Gasteiger partial charge in [0.25, 0.3) is 0 Å². The first-order valence-electron chi connectivity index (χ1n) is 8.64. The van der Waals surface area contributed by atoms with E-state index in [0.29, 0.717) is 30.3 Å². The number of nitrogens with zero attached hydrogens (tertiary/aromatic N) is 1. The van der Waals surface area contributed by atoms with Crippen LogP contribution < -0.4 is 14.8 Å². The normalized spacial score (nSPS) is 15.1. The predicted molar refractivity (Wildman–Crippen MR) is 97.0 cm³/mol. The molecule has 0 saturated heterocycles. The summed E-state index contributed by atoms with van der Waals surface area (Å²) in [5, 5.41) is 2.94. The summed E-state index contributed by atoms with van der Waals surface area (Å²) in [7, 11) is 1.66. The van der Waals surface area contributed by atoms with Crippen molar-refractivity contribution in [1.29, 1.82) is 0 Å². The lowest BCUT2D eigenvalue weighted by Gasteiger charge is -2.28. The lowest BCUT2D eigenvalue weighted by Crippen LogP contribution is -2.40. The molecule has 1 heterocycles. The molecule has 138 valence electrons. The van der Waals surface area contributed by atoms with Gasteiger partial charge in [-0.15, -0.1) is 0 Å². The van der Waals surface area contributed by atoms with Crippen LogP contribution in [0.25, 0.3) is 0 Å². The summed E-state index contributed by atoms with van der Waals surface area (Å²) < 4.78 is 25.1. The zero-order valence-corrected chi connectivity index (χ0v) is 15.2. The van der Waals surface area contributed by atoms with Gasteiger partial charge in [-0.25, -0.2) is 9.18 Å². The number of amides is 2. The Hall–Kier alpha value is -2.76. The number of nitrogens with one attached hydrogen (secondary N) is 1. The molecule has 0 bridgehead atoms. The van der Waals surface area contributed by atoms with Crippen LogP contribution in [0.15, 0.2) is 42.5 Å². The van der Waals surface area contributed by atoms with Crippen LogP contribution in [0.2, 0.25) is 0 Å². The highest BCUT2D eigenvalue weighted by molar-refractivity contribution is 5.75. The Morgan fingerprint density at radius 3 is 2.54 bits per heavy atom. The second-order valence-corrected chi connectivity index (χ2v) is 6.38. The van der Waals surface area contributed by atoms with Crippen LogP contribution in [0.3, 0.4) is 0 Å². The summed E-state index contributed by atoms with van der Waals surface area (Å²) in [6.45, 7) is 4.75. The standard InChI is InChI=1S/C20H23FN2O3/c1-13(15-8-9-18-19(12-15)26-11-10-25-18)22-20(24)23(3)14(2)16-6-4-5-7-17(16)21/h4-9,12-14H,10-11H2,1-3H3,(H,22,24). The number of benzene rings is 2. The number of ether oxygens (including phenoxy) is 2. The number of carbonyl (C=O) groups excluding carboxylic acids is 1. The zero-order chi connectivity index (χ0) is 18.7.